The zero-order chi connectivity index (χ0) is 34.1. The standard InChI is InChI=1S/C32H43N12O5.Y/c1-15-8-21(26(48)24(15)46)43-13-34-20-10-33-31(39-29(20)43)41-6-5-19(12-41)37-28-23-30(44(14-35-23)22-9-16(2)25(47)27(22)49)40-32(38-28)42-7-4-18(11-42)36-17(3)45;/h13-16,18-19,21-22,24-27,46-49H,4-9,11-12H2,1-3H3,(H,36,45)(H,37,38,40);/q-1;/t15-,16-,18+,19+,21+,22+,24+,25+,26-,27-;/m0./s1. The molecule has 17 nitrogen and oxygen atoms in total. The third-order valence-corrected chi connectivity index (χ3v) is 10.9. The van der Waals surface area contributed by atoms with Gasteiger partial charge in [-0.1, -0.05) is 13.8 Å². The number of aromatic nitrogens is 8. The quantitative estimate of drug-likeness (QED) is 0.134. The van der Waals surface area contributed by atoms with Gasteiger partial charge in [0, 0.05) is 89.1 Å². The Bertz CT molecular complexity index is 1870. The fraction of sp³-hybridized carbons (Fsp3) is 0.656. The number of aliphatic hydroxyl groups is 4. The van der Waals surface area contributed by atoms with Gasteiger partial charge in [0.15, 0.2) is 17.0 Å². The van der Waals surface area contributed by atoms with Crippen LogP contribution in [-0.2, 0) is 37.5 Å². The number of nitrogens with one attached hydrogen (secondary N) is 2. The molecular weight excluding hydrogens is 721 g/mol. The summed E-state index contributed by atoms with van der Waals surface area (Å²) in [6, 6.07) is -0.760. The van der Waals surface area contributed by atoms with Crippen LogP contribution >= 0.6 is 0 Å². The largest absolute Gasteiger partial charge is 0.392 e. The van der Waals surface area contributed by atoms with Gasteiger partial charge in [-0.25, -0.2) is 4.98 Å². The van der Waals surface area contributed by atoms with E-state index in [1.54, 1.807) is 12.7 Å². The topological polar surface area (TPSA) is 216 Å². The second-order valence-electron chi connectivity index (χ2n) is 14.4. The molecule has 2 saturated heterocycles. The van der Waals surface area contributed by atoms with Crippen LogP contribution in [0.3, 0.4) is 0 Å². The molecule has 1 amide bonds. The van der Waals surface area contributed by atoms with Gasteiger partial charge in [-0.3, -0.25) is 9.78 Å². The second kappa shape index (κ2) is 13.8. The predicted molar refractivity (Wildman–Crippen MR) is 178 cm³/mol. The molecule has 2 saturated carbocycles. The van der Waals surface area contributed by atoms with Gasteiger partial charge < -0.3 is 60.0 Å². The Kier molecular flexibility index (Phi) is 9.75. The molecule has 4 aromatic rings. The average molecular weight is 765 g/mol. The molecular formula is C32H43N12O5Y-. The van der Waals surface area contributed by atoms with E-state index in [9.17, 15) is 25.2 Å². The minimum atomic E-state index is -0.947. The van der Waals surface area contributed by atoms with Crippen molar-refractivity contribution in [2.45, 2.75) is 95.0 Å². The Hall–Kier alpha value is -3.09. The minimum absolute atomic E-state index is 0. The number of rotatable bonds is 7. The first-order valence-electron chi connectivity index (χ1n) is 17.2. The van der Waals surface area contributed by atoms with Crippen molar-refractivity contribution >= 4 is 45.9 Å². The van der Waals surface area contributed by atoms with Crippen LogP contribution in [-0.4, -0.2) is 128 Å². The van der Waals surface area contributed by atoms with Crippen molar-refractivity contribution in [1.29, 1.82) is 0 Å². The third kappa shape index (κ3) is 6.23. The van der Waals surface area contributed by atoms with E-state index in [0.29, 0.717) is 79.1 Å². The molecule has 0 unspecified atom stereocenters. The first kappa shape index (κ1) is 35.3. The monoisotopic (exact) mass is 764 g/mol. The number of carbonyl (C=O) groups is 1. The number of anilines is 3. The predicted octanol–water partition coefficient (Wildman–Crippen LogP) is -0.225. The Morgan fingerprint density at radius 3 is 2.02 bits per heavy atom. The van der Waals surface area contributed by atoms with Crippen LogP contribution in [0.5, 0.6) is 0 Å². The summed E-state index contributed by atoms with van der Waals surface area (Å²) < 4.78 is 3.68. The van der Waals surface area contributed by atoms with Gasteiger partial charge in [-0.05, 0) is 43.7 Å². The molecule has 0 aromatic carbocycles. The summed E-state index contributed by atoms with van der Waals surface area (Å²) in [5, 5.41) is 49.1. The summed E-state index contributed by atoms with van der Waals surface area (Å²) >= 11 is 0. The fourth-order valence-corrected chi connectivity index (χ4v) is 8.15. The molecule has 0 spiro atoms. The molecule has 4 aliphatic rings. The van der Waals surface area contributed by atoms with Crippen LogP contribution in [0.4, 0.5) is 17.7 Å². The van der Waals surface area contributed by atoms with Gasteiger partial charge in [0.1, 0.15) is 12.1 Å². The number of carbonyl (C=O) groups excluding carboxylic acids is 1. The van der Waals surface area contributed by atoms with Gasteiger partial charge in [0.25, 0.3) is 0 Å². The maximum Gasteiger partial charge on any atom is 0.229 e. The van der Waals surface area contributed by atoms with Crippen molar-refractivity contribution in [3.05, 3.63) is 18.9 Å². The molecule has 18 heteroatoms. The number of imidazole rings is 2. The van der Waals surface area contributed by atoms with E-state index in [2.05, 4.69) is 36.6 Å². The van der Waals surface area contributed by atoms with Crippen molar-refractivity contribution < 1.29 is 57.9 Å². The van der Waals surface area contributed by atoms with E-state index >= 15 is 0 Å². The number of amides is 1. The molecule has 4 aromatic heterocycles. The Labute approximate surface area is 313 Å². The van der Waals surface area contributed by atoms with Crippen LogP contribution in [0.25, 0.3) is 22.3 Å². The Morgan fingerprint density at radius 2 is 1.38 bits per heavy atom. The molecule has 8 rings (SSSR count). The molecule has 4 fully saturated rings. The summed E-state index contributed by atoms with van der Waals surface area (Å²) in [7, 11) is 0. The van der Waals surface area contributed by atoms with Crippen LogP contribution in [0.15, 0.2) is 12.7 Å². The van der Waals surface area contributed by atoms with Gasteiger partial charge >= 0.3 is 0 Å². The smallest absolute Gasteiger partial charge is 0.229 e. The number of fused-ring (bicyclic) bond motifs is 2. The van der Waals surface area contributed by atoms with E-state index in [0.717, 1.165) is 12.8 Å². The first-order chi connectivity index (χ1) is 23.5. The van der Waals surface area contributed by atoms with E-state index < -0.39 is 24.4 Å². The number of aliphatic hydroxyl groups excluding tert-OH is 4. The van der Waals surface area contributed by atoms with Crippen molar-refractivity contribution in [2.24, 2.45) is 11.8 Å². The van der Waals surface area contributed by atoms with E-state index in [1.807, 2.05) is 23.0 Å². The summed E-state index contributed by atoms with van der Waals surface area (Å²) in [6.07, 6.45) is 5.54. The SMILES string of the molecule is CC(=O)N[C@@H]1CCN(c2nc(N[C@@H]3CCN(c4n[c-]c5ncn([C@@H]6C[C@H](C)[C@@H](O)[C@H]6O)c5n4)C3)c3ncn([C@@H]4C[C@H](C)[C@@H](O)[C@H]4O)c3n2)C1.[Y]. The zero-order valence-electron chi connectivity index (χ0n) is 28.3. The summed E-state index contributed by atoms with van der Waals surface area (Å²) in [5.74, 6) is 1.38. The molecule has 6 heterocycles. The van der Waals surface area contributed by atoms with Gasteiger partial charge in [-0.2, -0.15) is 9.97 Å². The number of hydrogen-bond acceptors (Lipinski definition) is 14. The average Bonchev–Trinajstić information content (AvgIpc) is 3.94. The maximum absolute atomic E-state index is 11.7. The van der Waals surface area contributed by atoms with Crippen molar-refractivity contribution in [2.75, 3.05) is 41.3 Å². The number of nitrogens with zero attached hydrogens (tertiary/aromatic N) is 10. The van der Waals surface area contributed by atoms with Gasteiger partial charge in [0.05, 0.1) is 43.1 Å². The maximum atomic E-state index is 11.7. The summed E-state index contributed by atoms with van der Waals surface area (Å²) in [5.41, 5.74) is 2.21. The molecule has 1 radical (unpaired) electrons. The Balaban J connectivity index is 0.00000392. The molecule has 10 atom stereocenters. The molecule has 265 valence electrons. The minimum Gasteiger partial charge on any atom is -0.392 e. The van der Waals surface area contributed by atoms with E-state index in [4.69, 9.17) is 19.9 Å². The van der Waals surface area contributed by atoms with Crippen molar-refractivity contribution in [3.8, 4) is 0 Å². The normalized spacial score (nSPS) is 32.7. The van der Waals surface area contributed by atoms with Crippen LogP contribution < -0.4 is 20.4 Å². The summed E-state index contributed by atoms with van der Waals surface area (Å²) in [4.78, 5) is 44.2. The van der Waals surface area contributed by atoms with Crippen LogP contribution in [0.2, 0.25) is 0 Å². The second-order valence-corrected chi connectivity index (χ2v) is 14.4. The Morgan fingerprint density at radius 1 is 0.800 bits per heavy atom. The van der Waals surface area contributed by atoms with E-state index in [-0.39, 0.29) is 74.6 Å². The molecule has 0 bridgehead atoms. The van der Waals surface area contributed by atoms with Crippen molar-refractivity contribution in [3.63, 3.8) is 0 Å². The van der Waals surface area contributed by atoms with E-state index in [1.165, 1.54) is 6.92 Å². The van der Waals surface area contributed by atoms with Gasteiger partial charge in [-0.15, -0.1) is 0 Å². The van der Waals surface area contributed by atoms with Crippen LogP contribution in [0.1, 0.15) is 58.5 Å². The molecule has 6 N–H and O–H groups in total. The van der Waals surface area contributed by atoms with Gasteiger partial charge in [0.2, 0.25) is 11.9 Å². The van der Waals surface area contributed by atoms with Crippen LogP contribution in [0, 0.1) is 18.0 Å². The fourth-order valence-electron chi connectivity index (χ4n) is 8.15. The zero-order valence-corrected chi connectivity index (χ0v) is 31.2. The number of hydrogen-bond donors (Lipinski definition) is 6. The third-order valence-electron chi connectivity index (χ3n) is 10.9. The first-order valence-corrected chi connectivity index (χ1v) is 17.2. The molecule has 50 heavy (non-hydrogen) atoms. The molecule has 2 aliphatic heterocycles. The van der Waals surface area contributed by atoms with Crippen molar-refractivity contribution in [1.82, 2.24) is 44.4 Å². The summed E-state index contributed by atoms with van der Waals surface area (Å²) in [6.45, 7) is 7.86. The molecule has 2 aliphatic carbocycles.